The maximum absolute atomic E-state index is 6.80. The van der Waals surface area contributed by atoms with Crippen molar-refractivity contribution in [3.63, 3.8) is 0 Å². The fourth-order valence-corrected chi connectivity index (χ4v) is 6.01. The summed E-state index contributed by atoms with van der Waals surface area (Å²) in [5.41, 5.74) is 8.04. The molecule has 0 fully saturated rings. The molecule has 43 heavy (non-hydrogen) atoms. The minimum atomic E-state index is 0.850. The van der Waals surface area contributed by atoms with Crippen LogP contribution < -0.4 is 9.80 Å². The zero-order valence-electron chi connectivity index (χ0n) is 23.5. The van der Waals surface area contributed by atoms with E-state index in [0.29, 0.717) is 0 Å². The Kier molecular flexibility index (Phi) is 6.12. The normalized spacial score (nSPS) is 11.3. The summed E-state index contributed by atoms with van der Waals surface area (Å²) in [7, 11) is 0. The largest absolute Gasteiger partial charge is 0.454 e. The molecule has 1 heterocycles. The van der Waals surface area contributed by atoms with Crippen molar-refractivity contribution in [3.05, 3.63) is 170 Å². The summed E-state index contributed by atoms with van der Waals surface area (Å²) in [5.74, 6) is 0. The number of fused-ring (bicyclic) bond motifs is 4. The van der Waals surface area contributed by atoms with E-state index in [1.165, 1.54) is 5.39 Å². The summed E-state index contributed by atoms with van der Waals surface area (Å²) in [6.07, 6.45) is 0. The number of rotatable bonds is 6. The van der Waals surface area contributed by atoms with Gasteiger partial charge in [0, 0.05) is 39.2 Å². The van der Waals surface area contributed by atoms with Gasteiger partial charge in [-0.1, -0.05) is 97.1 Å². The van der Waals surface area contributed by atoms with Crippen molar-refractivity contribution in [2.75, 3.05) is 9.80 Å². The maximum Gasteiger partial charge on any atom is 0.159 e. The third-order valence-corrected chi connectivity index (χ3v) is 7.96. The van der Waals surface area contributed by atoms with E-state index in [4.69, 9.17) is 4.42 Å². The molecule has 8 aromatic rings. The Bertz CT molecular complexity index is 2090. The monoisotopic (exact) mass is 552 g/mol. The van der Waals surface area contributed by atoms with Crippen molar-refractivity contribution in [2.24, 2.45) is 0 Å². The van der Waals surface area contributed by atoms with E-state index in [1.54, 1.807) is 0 Å². The summed E-state index contributed by atoms with van der Waals surface area (Å²) >= 11 is 0. The van der Waals surface area contributed by atoms with Crippen LogP contribution >= 0.6 is 0 Å². The molecule has 0 aliphatic rings. The number of hydrogen-bond acceptors (Lipinski definition) is 3. The Morgan fingerprint density at radius 1 is 0.349 bits per heavy atom. The average molecular weight is 553 g/mol. The fourth-order valence-electron chi connectivity index (χ4n) is 6.01. The Morgan fingerprint density at radius 3 is 1.30 bits per heavy atom. The second kappa shape index (κ2) is 10.6. The average Bonchev–Trinajstić information content (AvgIpc) is 3.43. The van der Waals surface area contributed by atoms with Crippen molar-refractivity contribution in [1.29, 1.82) is 0 Å². The molecule has 3 nitrogen and oxygen atoms in total. The highest BCUT2D eigenvalue weighted by molar-refractivity contribution is 6.15. The zero-order valence-corrected chi connectivity index (χ0v) is 23.5. The molecule has 0 saturated heterocycles. The highest BCUT2D eigenvalue weighted by Gasteiger charge is 2.23. The highest BCUT2D eigenvalue weighted by Crippen LogP contribution is 2.47. The second-order valence-corrected chi connectivity index (χ2v) is 10.7. The SMILES string of the molecule is c1ccc(N(c2ccccc2)c2cc(N(c3ccccc3)c3ccccc3)c3oc4cc5ccccc5cc4c3c2)cc1. The van der Waals surface area contributed by atoms with Gasteiger partial charge in [-0.05, 0) is 83.6 Å². The summed E-state index contributed by atoms with van der Waals surface area (Å²) in [4.78, 5) is 4.61. The Balaban J connectivity index is 1.49. The lowest BCUT2D eigenvalue weighted by atomic mass is 10.0. The van der Waals surface area contributed by atoms with Crippen LogP contribution in [-0.2, 0) is 0 Å². The maximum atomic E-state index is 6.80. The van der Waals surface area contributed by atoms with E-state index in [9.17, 15) is 0 Å². The molecule has 0 saturated carbocycles. The molecule has 7 aromatic carbocycles. The third kappa shape index (κ3) is 4.48. The molecule has 0 amide bonds. The predicted molar refractivity (Wildman–Crippen MR) is 181 cm³/mol. The quantitative estimate of drug-likeness (QED) is 0.205. The van der Waals surface area contributed by atoms with Crippen LogP contribution in [-0.4, -0.2) is 0 Å². The number of nitrogens with zero attached hydrogens (tertiary/aromatic N) is 2. The summed E-state index contributed by atoms with van der Waals surface area (Å²) in [5, 5.41) is 4.52. The molecule has 0 N–H and O–H groups in total. The van der Waals surface area contributed by atoms with Gasteiger partial charge in [-0.25, -0.2) is 0 Å². The molecule has 0 aliphatic carbocycles. The number of furan rings is 1. The van der Waals surface area contributed by atoms with Gasteiger partial charge in [0.1, 0.15) is 5.58 Å². The first kappa shape index (κ1) is 25.0. The molecule has 8 rings (SSSR count). The molecular formula is C40H28N2O. The van der Waals surface area contributed by atoms with E-state index in [0.717, 1.165) is 61.4 Å². The van der Waals surface area contributed by atoms with Crippen LogP contribution in [0.2, 0.25) is 0 Å². The van der Waals surface area contributed by atoms with Gasteiger partial charge in [0.05, 0.1) is 5.69 Å². The third-order valence-electron chi connectivity index (χ3n) is 7.96. The van der Waals surface area contributed by atoms with Crippen LogP contribution in [0.3, 0.4) is 0 Å². The van der Waals surface area contributed by atoms with Crippen molar-refractivity contribution in [2.45, 2.75) is 0 Å². The van der Waals surface area contributed by atoms with Crippen LogP contribution in [0.1, 0.15) is 0 Å². The first-order chi connectivity index (χ1) is 21.3. The minimum absolute atomic E-state index is 0.850. The summed E-state index contributed by atoms with van der Waals surface area (Å²) in [6.45, 7) is 0. The van der Waals surface area contributed by atoms with E-state index in [1.807, 2.05) is 0 Å². The number of benzene rings is 7. The van der Waals surface area contributed by atoms with Gasteiger partial charge in [0.15, 0.2) is 5.58 Å². The molecule has 0 bridgehead atoms. The molecule has 0 spiro atoms. The van der Waals surface area contributed by atoms with E-state index >= 15 is 0 Å². The van der Waals surface area contributed by atoms with Crippen LogP contribution in [0.25, 0.3) is 32.7 Å². The van der Waals surface area contributed by atoms with Gasteiger partial charge in [0.2, 0.25) is 0 Å². The van der Waals surface area contributed by atoms with Gasteiger partial charge in [0.25, 0.3) is 0 Å². The first-order valence-electron chi connectivity index (χ1n) is 14.5. The van der Waals surface area contributed by atoms with Crippen molar-refractivity contribution >= 4 is 66.8 Å². The smallest absolute Gasteiger partial charge is 0.159 e. The summed E-state index contributed by atoms with van der Waals surface area (Å²) in [6, 6.07) is 59.5. The lowest BCUT2D eigenvalue weighted by molar-refractivity contribution is 0.669. The standard InChI is InChI=1S/C40H28N2O/c1-5-17-31(18-6-1)41(32-19-7-2-8-20-32)35-27-37-36-25-29-15-13-14-16-30(29)26-39(36)43-40(37)38(28-35)42(33-21-9-3-10-22-33)34-23-11-4-12-24-34/h1-28H. The fraction of sp³-hybridized carbons (Fsp3) is 0. The topological polar surface area (TPSA) is 19.6 Å². The van der Waals surface area contributed by atoms with E-state index in [2.05, 4.69) is 180 Å². The van der Waals surface area contributed by atoms with Gasteiger partial charge < -0.3 is 14.2 Å². The van der Waals surface area contributed by atoms with Crippen LogP contribution in [0.15, 0.2) is 174 Å². The first-order valence-corrected chi connectivity index (χ1v) is 14.5. The molecule has 0 unspecified atom stereocenters. The lowest BCUT2D eigenvalue weighted by Gasteiger charge is -2.29. The zero-order chi connectivity index (χ0) is 28.6. The van der Waals surface area contributed by atoms with Gasteiger partial charge in [-0.3, -0.25) is 0 Å². The number of para-hydroxylation sites is 4. The van der Waals surface area contributed by atoms with E-state index in [-0.39, 0.29) is 0 Å². The van der Waals surface area contributed by atoms with Gasteiger partial charge in [-0.2, -0.15) is 0 Å². The minimum Gasteiger partial charge on any atom is -0.454 e. The molecule has 0 radical (unpaired) electrons. The molecular weight excluding hydrogens is 524 g/mol. The number of hydrogen-bond donors (Lipinski definition) is 0. The van der Waals surface area contributed by atoms with Crippen molar-refractivity contribution in [1.82, 2.24) is 0 Å². The second-order valence-electron chi connectivity index (χ2n) is 10.7. The Morgan fingerprint density at radius 2 is 0.791 bits per heavy atom. The van der Waals surface area contributed by atoms with Gasteiger partial charge in [-0.15, -0.1) is 0 Å². The van der Waals surface area contributed by atoms with Crippen LogP contribution in [0.5, 0.6) is 0 Å². The van der Waals surface area contributed by atoms with Crippen molar-refractivity contribution in [3.8, 4) is 0 Å². The predicted octanol–water partition coefficient (Wildman–Crippen LogP) is 11.7. The molecule has 1 aromatic heterocycles. The highest BCUT2D eigenvalue weighted by atomic mass is 16.3. The molecule has 0 atom stereocenters. The Labute approximate surface area is 250 Å². The molecule has 0 aliphatic heterocycles. The number of anilines is 6. The van der Waals surface area contributed by atoms with Crippen LogP contribution in [0.4, 0.5) is 34.1 Å². The Hall–Kier alpha value is -5.80. The van der Waals surface area contributed by atoms with Gasteiger partial charge >= 0.3 is 0 Å². The molecule has 3 heteroatoms. The van der Waals surface area contributed by atoms with E-state index < -0.39 is 0 Å². The van der Waals surface area contributed by atoms with Crippen molar-refractivity contribution < 1.29 is 4.42 Å². The molecule has 204 valence electrons. The summed E-state index contributed by atoms with van der Waals surface area (Å²) < 4.78 is 6.80. The van der Waals surface area contributed by atoms with Crippen LogP contribution in [0, 0.1) is 0 Å². The lowest BCUT2D eigenvalue weighted by Crippen LogP contribution is -2.13.